The van der Waals surface area contributed by atoms with Crippen molar-refractivity contribution in [1.82, 2.24) is 0 Å². The van der Waals surface area contributed by atoms with E-state index >= 15 is 0 Å². The van der Waals surface area contributed by atoms with E-state index < -0.39 is 5.92 Å². The van der Waals surface area contributed by atoms with Gasteiger partial charge in [0.1, 0.15) is 5.92 Å². The Balaban J connectivity index is 2.21. The molecule has 0 N–H and O–H groups in total. The van der Waals surface area contributed by atoms with Crippen molar-refractivity contribution < 1.29 is 14.3 Å². The zero-order valence-electron chi connectivity index (χ0n) is 17.2. The number of hydrogen-bond acceptors (Lipinski definition) is 4. The second kappa shape index (κ2) is 7.06. The van der Waals surface area contributed by atoms with E-state index in [2.05, 4.69) is 26.0 Å². The number of allylic oxidation sites excluding steroid dienone is 2. The molecule has 1 aromatic carbocycles. The molecule has 0 saturated heterocycles. The van der Waals surface area contributed by atoms with Crippen LogP contribution in [-0.4, -0.2) is 24.1 Å². The second-order valence-electron chi connectivity index (χ2n) is 8.62. The van der Waals surface area contributed by atoms with Crippen LogP contribution in [0.2, 0.25) is 0 Å². The maximum absolute atomic E-state index is 13.2. The van der Waals surface area contributed by atoms with E-state index in [1.54, 1.807) is 6.92 Å². The van der Waals surface area contributed by atoms with Gasteiger partial charge in [-0.05, 0) is 50.7 Å². The predicted molar refractivity (Wildman–Crippen MR) is 107 cm³/mol. The van der Waals surface area contributed by atoms with Crippen LogP contribution in [0, 0.1) is 25.2 Å². The van der Waals surface area contributed by atoms with E-state index in [1.807, 2.05) is 26.8 Å². The first kappa shape index (κ1) is 19.5. The van der Waals surface area contributed by atoms with Gasteiger partial charge in [-0.3, -0.25) is 14.6 Å². The van der Waals surface area contributed by atoms with Crippen LogP contribution in [0.4, 0.5) is 0 Å². The van der Waals surface area contributed by atoms with Crippen LogP contribution in [0.3, 0.4) is 0 Å². The van der Waals surface area contributed by atoms with Gasteiger partial charge in [-0.15, -0.1) is 0 Å². The van der Waals surface area contributed by atoms with Crippen molar-refractivity contribution in [3.05, 3.63) is 46.2 Å². The minimum atomic E-state index is -0.546. The van der Waals surface area contributed by atoms with Crippen LogP contribution in [0.5, 0.6) is 0 Å². The summed E-state index contributed by atoms with van der Waals surface area (Å²) in [5, 5.41) is 0. The highest BCUT2D eigenvalue weighted by Gasteiger charge is 2.46. The molecule has 0 radical (unpaired) electrons. The molecule has 1 aliphatic carbocycles. The van der Waals surface area contributed by atoms with E-state index in [0.29, 0.717) is 18.6 Å². The molecule has 4 heteroatoms. The predicted octanol–water partition coefficient (Wildman–Crippen LogP) is 4.68. The van der Waals surface area contributed by atoms with Crippen LogP contribution < -0.4 is 0 Å². The summed E-state index contributed by atoms with van der Waals surface area (Å²) in [6.07, 6.45) is 1.24. The van der Waals surface area contributed by atoms with E-state index in [-0.39, 0.29) is 23.1 Å². The summed E-state index contributed by atoms with van der Waals surface area (Å²) in [6.45, 7) is 12.3. The fourth-order valence-electron chi connectivity index (χ4n) is 4.49. The van der Waals surface area contributed by atoms with Gasteiger partial charge in [-0.25, -0.2) is 0 Å². The first-order valence-corrected chi connectivity index (χ1v) is 9.70. The van der Waals surface area contributed by atoms with Gasteiger partial charge in [0, 0.05) is 29.3 Å². The van der Waals surface area contributed by atoms with Gasteiger partial charge in [0.15, 0.2) is 5.78 Å². The molecule has 0 spiro atoms. The molecule has 0 fully saturated rings. The van der Waals surface area contributed by atoms with Gasteiger partial charge in [0.05, 0.1) is 6.61 Å². The number of carbonyl (C=O) groups is 2. The van der Waals surface area contributed by atoms with E-state index in [0.717, 1.165) is 34.5 Å². The smallest absolute Gasteiger partial charge is 0.315 e. The molecular weight excluding hydrogens is 338 g/mol. The zero-order chi connectivity index (χ0) is 19.9. The molecule has 1 aliphatic heterocycles. The molecule has 0 aromatic heterocycles. The summed E-state index contributed by atoms with van der Waals surface area (Å²) < 4.78 is 5.37. The number of aryl methyl sites for hydroxylation is 2. The number of ether oxygens (including phenoxy) is 1. The van der Waals surface area contributed by atoms with E-state index in [4.69, 9.17) is 9.73 Å². The Hall–Kier alpha value is -2.23. The average Bonchev–Trinajstić information content (AvgIpc) is 2.52. The SMILES string of the molecule is CCOC(=O)C1C(C)=NC2=C(C(=O)CC(C)(C)C2)[C@@H]1c1ccc(C)cc1C. The van der Waals surface area contributed by atoms with Crippen molar-refractivity contribution in [2.24, 2.45) is 16.3 Å². The van der Waals surface area contributed by atoms with Gasteiger partial charge in [0.2, 0.25) is 0 Å². The molecule has 3 rings (SSSR count). The number of aliphatic imine (C=N–C) groups is 1. The number of nitrogens with zero attached hydrogens (tertiary/aromatic N) is 1. The molecule has 1 unspecified atom stereocenters. The van der Waals surface area contributed by atoms with Gasteiger partial charge in [-0.2, -0.15) is 0 Å². The molecule has 0 saturated carbocycles. The third kappa shape index (κ3) is 3.62. The van der Waals surface area contributed by atoms with Crippen molar-refractivity contribution in [1.29, 1.82) is 0 Å². The highest BCUT2D eigenvalue weighted by Crippen LogP contribution is 2.48. The van der Waals surface area contributed by atoms with Crippen LogP contribution in [-0.2, 0) is 14.3 Å². The number of benzene rings is 1. The summed E-state index contributed by atoms with van der Waals surface area (Å²) in [7, 11) is 0. The maximum Gasteiger partial charge on any atom is 0.315 e. The Morgan fingerprint density at radius 1 is 1.22 bits per heavy atom. The van der Waals surface area contributed by atoms with Crippen LogP contribution in [0.1, 0.15) is 63.1 Å². The van der Waals surface area contributed by atoms with Crippen molar-refractivity contribution in [3.63, 3.8) is 0 Å². The number of esters is 1. The lowest BCUT2D eigenvalue weighted by atomic mass is 9.66. The third-order valence-corrected chi connectivity index (χ3v) is 5.60. The Labute approximate surface area is 161 Å². The number of Topliss-reactive ketones (excluding diaryl/α,β-unsaturated/α-hetero) is 1. The number of carbonyl (C=O) groups excluding carboxylic acids is 2. The fourth-order valence-corrected chi connectivity index (χ4v) is 4.49. The lowest BCUT2D eigenvalue weighted by Gasteiger charge is -2.39. The molecule has 4 nitrogen and oxygen atoms in total. The molecule has 2 aliphatic rings. The normalized spacial score (nSPS) is 24.4. The highest BCUT2D eigenvalue weighted by atomic mass is 16.5. The fraction of sp³-hybridized carbons (Fsp3) is 0.522. The molecule has 0 bridgehead atoms. The van der Waals surface area contributed by atoms with Crippen molar-refractivity contribution in [2.45, 2.75) is 60.3 Å². The first-order chi connectivity index (χ1) is 12.6. The molecule has 1 heterocycles. The quantitative estimate of drug-likeness (QED) is 0.729. The van der Waals surface area contributed by atoms with Gasteiger partial charge < -0.3 is 4.74 Å². The molecule has 27 heavy (non-hydrogen) atoms. The molecule has 2 atom stereocenters. The van der Waals surface area contributed by atoms with Crippen molar-refractivity contribution in [2.75, 3.05) is 6.61 Å². The van der Waals surface area contributed by atoms with Crippen LogP contribution in [0.25, 0.3) is 0 Å². The second-order valence-corrected chi connectivity index (χ2v) is 8.62. The summed E-state index contributed by atoms with van der Waals surface area (Å²) in [4.78, 5) is 30.7. The molecule has 1 aromatic rings. The molecule has 0 amide bonds. The lowest BCUT2D eigenvalue weighted by molar-refractivity contribution is -0.146. The summed E-state index contributed by atoms with van der Waals surface area (Å²) in [6, 6.07) is 6.21. The minimum absolute atomic E-state index is 0.108. The summed E-state index contributed by atoms with van der Waals surface area (Å²) in [5.41, 5.74) is 5.47. The van der Waals surface area contributed by atoms with E-state index in [1.165, 1.54) is 0 Å². The van der Waals surface area contributed by atoms with E-state index in [9.17, 15) is 9.59 Å². The first-order valence-electron chi connectivity index (χ1n) is 9.70. The third-order valence-electron chi connectivity index (χ3n) is 5.60. The molecule has 144 valence electrons. The number of rotatable bonds is 3. The largest absolute Gasteiger partial charge is 0.465 e. The number of hydrogen-bond donors (Lipinski definition) is 0. The van der Waals surface area contributed by atoms with Crippen LogP contribution in [0.15, 0.2) is 34.5 Å². The maximum atomic E-state index is 13.2. The topological polar surface area (TPSA) is 55.7 Å². The Bertz CT molecular complexity index is 860. The standard InChI is InChI=1S/C23H29NO3/c1-7-27-22(26)19-15(4)24-17-11-23(5,6)12-18(25)21(17)20(19)16-9-8-13(2)10-14(16)3/h8-10,19-20H,7,11-12H2,1-6H3/t19?,20-/m1/s1. The Morgan fingerprint density at radius 2 is 1.93 bits per heavy atom. The zero-order valence-corrected chi connectivity index (χ0v) is 17.2. The van der Waals surface area contributed by atoms with Crippen molar-refractivity contribution in [3.8, 4) is 0 Å². The highest BCUT2D eigenvalue weighted by molar-refractivity contribution is 6.09. The Kier molecular flexibility index (Phi) is 5.11. The number of ketones is 1. The van der Waals surface area contributed by atoms with Crippen LogP contribution >= 0.6 is 0 Å². The lowest BCUT2D eigenvalue weighted by Crippen LogP contribution is -2.39. The van der Waals surface area contributed by atoms with Gasteiger partial charge >= 0.3 is 5.97 Å². The Morgan fingerprint density at radius 3 is 2.56 bits per heavy atom. The summed E-state index contributed by atoms with van der Waals surface area (Å²) in [5.74, 6) is -1.05. The van der Waals surface area contributed by atoms with Gasteiger partial charge in [-0.1, -0.05) is 37.6 Å². The monoisotopic (exact) mass is 367 g/mol. The van der Waals surface area contributed by atoms with Crippen molar-refractivity contribution >= 4 is 17.5 Å². The van der Waals surface area contributed by atoms with Gasteiger partial charge in [0.25, 0.3) is 0 Å². The minimum Gasteiger partial charge on any atom is -0.465 e. The average molecular weight is 367 g/mol. The molecular formula is C23H29NO3. The summed E-state index contributed by atoms with van der Waals surface area (Å²) >= 11 is 0.